The normalized spacial score (nSPS) is 37.9. The van der Waals surface area contributed by atoms with Gasteiger partial charge in [0.2, 0.25) is 0 Å². The van der Waals surface area contributed by atoms with E-state index in [2.05, 4.69) is 18.7 Å². The third kappa shape index (κ3) is 1.81. The van der Waals surface area contributed by atoms with E-state index in [1.54, 1.807) is 0 Å². The third-order valence-corrected chi connectivity index (χ3v) is 3.74. The van der Waals surface area contributed by atoms with E-state index in [9.17, 15) is 0 Å². The van der Waals surface area contributed by atoms with Crippen molar-refractivity contribution in [1.82, 2.24) is 4.90 Å². The van der Waals surface area contributed by atoms with Gasteiger partial charge in [0.1, 0.15) is 0 Å². The quantitative estimate of drug-likeness (QED) is 0.709. The van der Waals surface area contributed by atoms with E-state index in [4.69, 9.17) is 10.5 Å². The zero-order chi connectivity index (χ0) is 10.2. The summed E-state index contributed by atoms with van der Waals surface area (Å²) in [6.07, 6.45) is 1.27. The van der Waals surface area contributed by atoms with Crippen molar-refractivity contribution in [2.24, 2.45) is 17.1 Å². The molecule has 82 valence electrons. The van der Waals surface area contributed by atoms with Gasteiger partial charge in [0, 0.05) is 18.0 Å². The molecule has 2 saturated heterocycles. The van der Waals surface area contributed by atoms with Crippen LogP contribution in [0.4, 0.5) is 0 Å². The number of hydrogen-bond donors (Lipinski definition) is 1. The highest BCUT2D eigenvalue weighted by Crippen LogP contribution is 2.34. The minimum atomic E-state index is 0.323. The lowest BCUT2D eigenvalue weighted by Gasteiger charge is -2.33. The Bertz CT molecular complexity index is 205. The molecule has 0 aromatic heterocycles. The first-order valence-corrected chi connectivity index (χ1v) is 5.65. The molecule has 2 atom stereocenters. The van der Waals surface area contributed by atoms with E-state index in [-0.39, 0.29) is 0 Å². The van der Waals surface area contributed by atoms with Crippen LogP contribution in [0, 0.1) is 11.3 Å². The molecule has 2 N–H and O–H groups in total. The predicted molar refractivity (Wildman–Crippen MR) is 57.1 cm³/mol. The second-order valence-electron chi connectivity index (χ2n) is 5.40. The topological polar surface area (TPSA) is 38.5 Å². The largest absolute Gasteiger partial charge is 0.379 e. The summed E-state index contributed by atoms with van der Waals surface area (Å²) in [5, 5.41) is 0. The molecule has 0 radical (unpaired) electrons. The third-order valence-electron chi connectivity index (χ3n) is 3.74. The molecular weight excluding hydrogens is 176 g/mol. The maximum absolute atomic E-state index is 5.70. The highest BCUT2D eigenvalue weighted by molar-refractivity contribution is 4.93. The van der Waals surface area contributed by atoms with Gasteiger partial charge in [0.25, 0.3) is 0 Å². The van der Waals surface area contributed by atoms with Crippen molar-refractivity contribution in [3.63, 3.8) is 0 Å². The van der Waals surface area contributed by atoms with Crippen molar-refractivity contribution in [2.45, 2.75) is 26.3 Å². The molecule has 0 aliphatic carbocycles. The lowest BCUT2D eigenvalue weighted by atomic mass is 9.87. The molecule has 2 rings (SSSR count). The standard InChI is InChI=1S/C11H22N2O/c1-11(2)8-14-7-10(11)13-4-3-9(5-12)6-13/h9-10H,3-8,12H2,1-2H3. The van der Waals surface area contributed by atoms with Crippen molar-refractivity contribution in [3.05, 3.63) is 0 Å². The molecule has 2 fully saturated rings. The van der Waals surface area contributed by atoms with Gasteiger partial charge in [-0.1, -0.05) is 13.8 Å². The zero-order valence-corrected chi connectivity index (χ0v) is 9.33. The Morgan fingerprint density at radius 2 is 2.29 bits per heavy atom. The molecule has 0 aromatic rings. The number of nitrogens with zero attached hydrogens (tertiary/aromatic N) is 1. The second-order valence-corrected chi connectivity index (χ2v) is 5.40. The van der Waals surface area contributed by atoms with Crippen molar-refractivity contribution in [1.29, 1.82) is 0 Å². The van der Waals surface area contributed by atoms with Gasteiger partial charge in [-0.3, -0.25) is 4.90 Å². The molecule has 0 aromatic carbocycles. The molecule has 2 heterocycles. The van der Waals surface area contributed by atoms with Crippen LogP contribution in [0.15, 0.2) is 0 Å². The van der Waals surface area contributed by atoms with Crippen molar-refractivity contribution in [3.8, 4) is 0 Å². The predicted octanol–water partition coefficient (Wildman–Crippen LogP) is 0.692. The molecule has 14 heavy (non-hydrogen) atoms. The molecule has 3 heteroatoms. The van der Waals surface area contributed by atoms with Crippen molar-refractivity contribution in [2.75, 3.05) is 32.8 Å². The molecule has 0 bridgehead atoms. The van der Waals surface area contributed by atoms with E-state index < -0.39 is 0 Å². The highest BCUT2D eigenvalue weighted by atomic mass is 16.5. The summed E-state index contributed by atoms with van der Waals surface area (Å²) in [7, 11) is 0. The lowest BCUT2D eigenvalue weighted by Crippen LogP contribution is -2.43. The summed E-state index contributed by atoms with van der Waals surface area (Å²) in [5.74, 6) is 0.714. The fourth-order valence-corrected chi connectivity index (χ4v) is 2.69. The molecule has 0 amide bonds. The Hall–Kier alpha value is -0.120. The van der Waals surface area contributed by atoms with Crippen LogP contribution in [0.1, 0.15) is 20.3 Å². The Kier molecular flexibility index (Phi) is 2.82. The minimum absolute atomic E-state index is 0.323. The van der Waals surface area contributed by atoms with Crippen LogP contribution in [-0.4, -0.2) is 43.8 Å². The fraction of sp³-hybridized carbons (Fsp3) is 1.00. The molecule has 0 spiro atoms. The summed E-state index contributed by atoms with van der Waals surface area (Å²) < 4.78 is 5.58. The molecule has 2 aliphatic heterocycles. The van der Waals surface area contributed by atoms with Crippen LogP contribution in [0.5, 0.6) is 0 Å². The molecular formula is C11H22N2O. The van der Waals surface area contributed by atoms with E-state index in [1.165, 1.54) is 19.5 Å². The van der Waals surface area contributed by atoms with E-state index in [0.717, 1.165) is 19.8 Å². The fourth-order valence-electron chi connectivity index (χ4n) is 2.69. The number of ether oxygens (including phenoxy) is 1. The molecule has 2 aliphatic rings. The first-order valence-electron chi connectivity index (χ1n) is 5.65. The van der Waals surface area contributed by atoms with Crippen LogP contribution < -0.4 is 5.73 Å². The number of nitrogens with two attached hydrogens (primary N) is 1. The second kappa shape index (κ2) is 3.80. The Morgan fingerprint density at radius 1 is 1.50 bits per heavy atom. The maximum Gasteiger partial charge on any atom is 0.0628 e. The Balaban J connectivity index is 1.96. The summed E-state index contributed by atoms with van der Waals surface area (Å²) >= 11 is 0. The average Bonchev–Trinajstić information content (AvgIpc) is 2.70. The molecule has 2 unspecified atom stereocenters. The van der Waals surface area contributed by atoms with Gasteiger partial charge in [-0.15, -0.1) is 0 Å². The van der Waals surface area contributed by atoms with Crippen LogP contribution in [-0.2, 0) is 4.74 Å². The monoisotopic (exact) mass is 198 g/mol. The van der Waals surface area contributed by atoms with E-state index in [0.29, 0.717) is 17.4 Å². The zero-order valence-electron chi connectivity index (χ0n) is 9.33. The van der Waals surface area contributed by atoms with Gasteiger partial charge < -0.3 is 10.5 Å². The number of rotatable bonds is 2. The van der Waals surface area contributed by atoms with Gasteiger partial charge in [-0.25, -0.2) is 0 Å². The SMILES string of the molecule is CC1(C)COCC1N1CCC(CN)C1. The molecule has 3 nitrogen and oxygen atoms in total. The van der Waals surface area contributed by atoms with E-state index >= 15 is 0 Å². The maximum atomic E-state index is 5.70. The van der Waals surface area contributed by atoms with Gasteiger partial charge in [0.15, 0.2) is 0 Å². The minimum Gasteiger partial charge on any atom is -0.379 e. The summed E-state index contributed by atoms with van der Waals surface area (Å²) in [6.45, 7) is 9.64. The van der Waals surface area contributed by atoms with E-state index in [1.807, 2.05) is 0 Å². The number of likely N-dealkylation sites (tertiary alicyclic amines) is 1. The number of hydrogen-bond acceptors (Lipinski definition) is 3. The summed E-state index contributed by atoms with van der Waals surface area (Å²) in [6, 6.07) is 0.610. The van der Waals surface area contributed by atoms with Crippen molar-refractivity contribution < 1.29 is 4.74 Å². The van der Waals surface area contributed by atoms with Crippen LogP contribution >= 0.6 is 0 Å². The first kappa shape index (κ1) is 10.4. The van der Waals surface area contributed by atoms with Gasteiger partial charge in [-0.2, -0.15) is 0 Å². The first-order chi connectivity index (χ1) is 6.63. The van der Waals surface area contributed by atoms with Crippen LogP contribution in [0.3, 0.4) is 0 Å². The van der Waals surface area contributed by atoms with Gasteiger partial charge in [-0.05, 0) is 25.4 Å². The Morgan fingerprint density at radius 3 is 2.79 bits per heavy atom. The van der Waals surface area contributed by atoms with Gasteiger partial charge in [0.05, 0.1) is 13.2 Å². The average molecular weight is 198 g/mol. The van der Waals surface area contributed by atoms with Crippen molar-refractivity contribution >= 4 is 0 Å². The Labute approximate surface area is 86.6 Å². The highest BCUT2D eigenvalue weighted by Gasteiger charge is 2.41. The molecule has 0 saturated carbocycles. The van der Waals surface area contributed by atoms with Gasteiger partial charge >= 0.3 is 0 Å². The lowest BCUT2D eigenvalue weighted by molar-refractivity contribution is 0.149. The summed E-state index contributed by atoms with van der Waals surface area (Å²) in [4.78, 5) is 2.57. The van der Waals surface area contributed by atoms with Crippen LogP contribution in [0.25, 0.3) is 0 Å². The summed E-state index contributed by atoms with van der Waals surface area (Å²) in [5.41, 5.74) is 6.03. The smallest absolute Gasteiger partial charge is 0.0628 e. The van der Waals surface area contributed by atoms with Crippen LogP contribution in [0.2, 0.25) is 0 Å².